The van der Waals surface area contributed by atoms with E-state index < -0.39 is 5.60 Å². The average molecular weight is 278 g/mol. The van der Waals surface area contributed by atoms with E-state index in [1.807, 2.05) is 48.9 Å². The molecule has 0 aliphatic heterocycles. The van der Waals surface area contributed by atoms with Gasteiger partial charge in [-0.3, -0.25) is 0 Å². The summed E-state index contributed by atoms with van der Waals surface area (Å²) in [5.41, 5.74) is 5.51. The predicted molar refractivity (Wildman–Crippen MR) is 75.9 cm³/mol. The number of nitrogens with two attached hydrogens (primary N) is 1. The third-order valence-corrected chi connectivity index (χ3v) is 4.38. The smallest absolute Gasteiger partial charge is 0.191 e. The number of rotatable bonds is 5. The molecule has 1 aromatic carbocycles. The number of aromatic nitrogens is 3. The third-order valence-electron chi connectivity index (χ3n) is 3.14. The molecule has 0 saturated heterocycles. The number of thioether (sulfide) groups is 1. The van der Waals surface area contributed by atoms with E-state index in [4.69, 9.17) is 5.73 Å². The van der Waals surface area contributed by atoms with E-state index in [0.29, 0.717) is 5.75 Å². The van der Waals surface area contributed by atoms with E-state index in [2.05, 4.69) is 10.2 Å². The summed E-state index contributed by atoms with van der Waals surface area (Å²) in [6, 6.07) is 9.48. The van der Waals surface area contributed by atoms with Crippen LogP contribution in [-0.2, 0) is 12.6 Å². The molecule has 0 bridgehead atoms. The number of nitrogens with zero attached hydrogens (tertiary/aromatic N) is 3. The Hall–Kier alpha value is -1.37. The fourth-order valence-electron chi connectivity index (χ4n) is 1.71. The molecule has 0 amide bonds. The van der Waals surface area contributed by atoms with Crippen molar-refractivity contribution in [3.8, 4) is 0 Å². The van der Waals surface area contributed by atoms with Crippen LogP contribution >= 0.6 is 11.8 Å². The van der Waals surface area contributed by atoms with Gasteiger partial charge < -0.3 is 15.4 Å². The van der Waals surface area contributed by atoms with Crippen molar-refractivity contribution in [2.75, 3.05) is 12.3 Å². The maximum atomic E-state index is 10.6. The molecular weight excluding hydrogens is 260 g/mol. The SMILES string of the molecule is Cc1nnc(SCC(O)(CN)c2ccccc2)n1C. The molecule has 0 aliphatic rings. The standard InChI is InChI=1S/C13H18N4OS/c1-10-15-16-12(17(10)2)19-9-13(18,8-14)11-6-4-3-5-7-11/h3-7,18H,8-9,14H2,1-2H3. The van der Waals surface area contributed by atoms with Crippen LogP contribution in [0.1, 0.15) is 11.4 Å². The summed E-state index contributed by atoms with van der Waals surface area (Å²) in [5, 5.41) is 19.5. The minimum atomic E-state index is -1.05. The lowest BCUT2D eigenvalue weighted by Gasteiger charge is -2.26. The highest BCUT2D eigenvalue weighted by molar-refractivity contribution is 7.99. The first-order valence-corrected chi connectivity index (χ1v) is 7.02. The molecule has 1 aromatic heterocycles. The Morgan fingerprint density at radius 1 is 1.32 bits per heavy atom. The number of hydrogen-bond donors (Lipinski definition) is 2. The van der Waals surface area contributed by atoms with Gasteiger partial charge in [0.05, 0.1) is 0 Å². The van der Waals surface area contributed by atoms with Gasteiger partial charge in [-0.2, -0.15) is 0 Å². The molecule has 0 radical (unpaired) electrons. The fourth-order valence-corrected chi connectivity index (χ4v) is 2.78. The van der Waals surface area contributed by atoms with Gasteiger partial charge in [0.2, 0.25) is 0 Å². The van der Waals surface area contributed by atoms with Gasteiger partial charge in [0.15, 0.2) is 5.16 Å². The summed E-state index contributed by atoms with van der Waals surface area (Å²) in [7, 11) is 1.90. The summed E-state index contributed by atoms with van der Waals surface area (Å²) >= 11 is 1.45. The first-order chi connectivity index (χ1) is 9.07. The van der Waals surface area contributed by atoms with Crippen LogP contribution < -0.4 is 5.73 Å². The van der Waals surface area contributed by atoms with Crippen molar-refractivity contribution in [1.29, 1.82) is 0 Å². The second kappa shape index (κ2) is 5.73. The highest BCUT2D eigenvalue weighted by atomic mass is 32.2. The zero-order valence-electron chi connectivity index (χ0n) is 11.1. The Bertz CT molecular complexity index is 543. The lowest BCUT2D eigenvalue weighted by Crippen LogP contribution is -2.37. The predicted octanol–water partition coefficient (Wildman–Crippen LogP) is 1.06. The minimum absolute atomic E-state index is 0.168. The molecule has 2 aromatic rings. The minimum Gasteiger partial charge on any atom is -0.383 e. The van der Waals surface area contributed by atoms with Crippen LogP contribution in [0.5, 0.6) is 0 Å². The van der Waals surface area contributed by atoms with Gasteiger partial charge in [-0.1, -0.05) is 42.1 Å². The number of hydrogen-bond acceptors (Lipinski definition) is 5. The maximum absolute atomic E-state index is 10.6. The van der Waals surface area contributed by atoms with Gasteiger partial charge in [-0.25, -0.2) is 0 Å². The van der Waals surface area contributed by atoms with E-state index >= 15 is 0 Å². The van der Waals surface area contributed by atoms with Crippen molar-refractivity contribution in [2.45, 2.75) is 17.7 Å². The van der Waals surface area contributed by atoms with Crippen molar-refractivity contribution in [2.24, 2.45) is 12.8 Å². The van der Waals surface area contributed by atoms with Crippen LogP contribution in [0.15, 0.2) is 35.5 Å². The number of aliphatic hydroxyl groups is 1. The van der Waals surface area contributed by atoms with Crippen LogP contribution in [0.4, 0.5) is 0 Å². The van der Waals surface area contributed by atoms with E-state index in [1.165, 1.54) is 11.8 Å². The first-order valence-electron chi connectivity index (χ1n) is 6.03. The van der Waals surface area contributed by atoms with Gasteiger partial charge in [0.1, 0.15) is 11.4 Å². The van der Waals surface area contributed by atoms with Gasteiger partial charge in [-0.15, -0.1) is 10.2 Å². The summed E-state index contributed by atoms with van der Waals surface area (Å²) in [6.45, 7) is 2.06. The molecular formula is C13H18N4OS. The molecule has 6 heteroatoms. The highest BCUT2D eigenvalue weighted by Gasteiger charge is 2.28. The second-order valence-corrected chi connectivity index (χ2v) is 5.42. The van der Waals surface area contributed by atoms with Gasteiger partial charge >= 0.3 is 0 Å². The van der Waals surface area contributed by atoms with Crippen LogP contribution in [0, 0.1) is 6.92 Å². The molecule has 0 aliphatic carbocycles. The number of benzene rings is 1. The zero-order valence-corrected chi connectivity index (χ0v) is 11.9. The Kier molecular flexibility index (Phi) is 4.24. The molecule has 1 unspecified atom stereocenters. The zero-order chi connectivity index (χ0) is 13.9. The van der Waals surface area contributed by atoms with Crippen molar-refractivity contribution < 1.29 is 5.11 Å². The van der Waals surface area contributed by atoms with Crippen LogP contribution in [0.2, 0.25) is 0 Å². The summed E-state index contributed by atoms with van der Waals surface area (Å²) in [6.07, 6.45) is 0. The molecule has 1 heterocycles. The molecule has 0 fully saturated rings. The van der Waals surface area contributed by atoms with Crippen LogP contribution in [0.25, 0.3) is 0 Å². The topological polar surface area (TPSA) is 77.0 Å². The summed E-state index contributed by atoms with van der Waals surface area (Å²) in [4.78, 5) is 0. The fraction of sp³-hybridized carbons (Fsp3) is 0.385. The van der Waals surface area contributed by atoms with E-state index in [1.54, 1.807) is 0 Å². The van der Waals surface area contributed by atoms with Crippen molar-refractivity contribution in [3.05, 3.63) is 41.7 Å². The normalized spacial score (nSPS) is 14.3. The van der Waals surface area contributed by atoms with Crippen LogP contribution in [0.3, 0.4) is 0 Å². The van der Waals surface area contributed by atoms with Gasteiger partial charge in [-0.05, 0) is 12.5 Å². The Labute approximate surface area is 116 Å². The van der Waals surface area contributed by atoms with E-state index in [-0.39, 0.29) is 6.54 Å². The lowest BCUT2D eigenvalue weighted by molar-refractivity contribution is 0.0720. The molecule has 19 heavy (non-hydrogen) atoms. The first kappa shape index (κ1) is 14.0. The maximum Gasteiger partial charge on any atom is 0.191 e. The van der Waals surface area contributed by atoms with E-state index in [0.717, 1.165) is 16.5 Å². The monoisotopic (exact) mass is 278 g/mol. The quantitative estimate of drug-likeness (QED) is 0.800. The Balaban J connectivity index is 2.14. The van der Waals surface area contributed by atoms with Crippen LogP contribution in [-0.4, -0.2) is 32.2 Å². The third kappa shape index (κ3) is 2.97. The van der Waals surface area contributed by atoms with E-state index in [9.17, 15) is 5.11 Å². The molecule has 2 rings (SSSR count). The largest absolute Gasteiger partial charge is 0.383 e. The Morgan fingerprint density at radius 3 is 2.53 bits per heavy atom. The number of aryl methyl sites for hydroxylation is 1. The van der Waals surface area contributed by atoms with Crippen molar-refractivity contribution in [3.63, 3.8) is 0 Å². The van der Waals surface area contributed by atoms with Gasteiger partial charge in [0, 0.05) is 19.3 Å². The lowest BCUT2D eigenvalue weighted by atomic mass is 9.96. The van der Waals surface area contributed by atoms with Crippen molar-refractivity contribution in [1.82, 2.24) is 14.8 Å². The molecule has 3 N–H and O–H groups in total. The Morgan fingerprint density at radius 2 is 2.00 bits per heavy atom. The highest BCUT2D eigenvalue weighted by Crippen LogP contribution is 2.28. The van der Waals surface area contributed by atoms with Gasteiger partial charge in [0.25, 0.3) is 0 Å². The summed E-state index contributed by atoms with van der Waals surface area (Å²) in [5.74, 6) is 1.29. The summed E-state index contributed by atoms with van der Waals surface area (Å²) < 4.78 is 1.90. The van der Waals surface area contributed by atoms with Crippen molar-refractivity contribution >= 4 is 11.8 Å². The molecule has 0 spiro atoms. The molecule has 102 valence electrons. The molecule has 1 atom stereocenters. The second-order valence-electron chi connectivity index (χ2n) is 4.48. The average Bonchev–Trinajstić information content (AvgIpc) is 2.77. The molecule has 0 saturated carbocycles. The molecule has 5 nitrogen and oxygen atoms in total.